The molecule has 9 heteroatoms. The van der Waals surface area contributed by atoms with E-state index in [1.54, 1.807) is 29.0 Å². The minimum Gasteiger partial charge on any atom is -0.376 e. The SMILES string of the molecule is O=C(NC1CCCC1)c1ccc2c(=O)n(CC3CCCO3)c(SCC(=O)c3c[nH]c4ccccc34)nc2c1. The van der Waals surface area contributed by atoms with Crippen LogP contribution in [0.25, 0.3) is 21.8 Å². The number of nitrogens with one attached hydrogen (secondary N) is 2. The number of ketones is 1. The lowest BCUT2D eigenvalue weighted by Crippen LogP contribution is -2.32. The first-order chi connectivity index (χ1) is 18.6. The van der Waals surface area contributed by atoms with Crippen molar-refractivity contribution in [3.8, 4) is 0 Å². The summed E-state index contributed by atoms with van der Waals surface area (Å²) in [5.41, 5.74) is 2.28. The van der Waals surface area contributed by atoms with Gasteiger partial charge in [-0.1, -0.05) is 42.8 Å². The molecule has 2 N–H and O–H groups in total. The number of Topliss-reactive ketones (excluding diaryl/α,β-unsaturated/α-hetero) is 1. The Balaban J connectivity index is 1.31. The standard InChI is InChI=1S/C29H30N4O4S/c34-26(23-15-30-24-10-4-3-9-21(23)24)17-38-29-32-25-14-18(27(35)31-19-6-1-2-7-19)11-12-22(25)28(36)33(29)16-20-8-5-13-37-20/h3-4,9-12,14-15,19-20,30H,1-2,5-8,13,16-17H2,(H,31,35). The summed E-state index contributed by atoms with van der Waals surface area (Å²) in [6.07, 6.45) is 7.76. The van der Waals surface area contributed by atoms with E-state index in [1.807, 2.05) is 24.3 Å². The zero-order chi connectivity index (χ0) is 26.1. The van der Waals surface area contributed by atoms with Crippen LogP contribution in [0.5, 0.6) is 0 Å². The highest BCUT2D eigenvalue weighted by atomic mass is 32.2. The van der Waals surface area contributed by atoms with Crippen molar-refractivity contribution in [3.63, 3.8) is 0 Å². The second-order valence-electron chi connectivity index (χ2n) is 10.1. The maximum absolute atomic E-state index is 13.6. The van der Waals surface area contributed by atoms with Crippen LogP contribution in [0.1, 0.15) is 59.2 Å². The van der Waals surface area contributed by atoms with Gasteiger partial charge in [-0.3, -0.25) is 19.0 Å². The van der Waals surface area contributed by atoms with Gasteiger partial charge in [0.05, 0.1) is 29.3 Å². The molecule has 1 unspecified atom stereocenters. The summed E-state index contributed by atoms with van der Waals surface area (Å²) in [5.74, 6) is -0.0595. The molecule has 2 fully saturated rings. The fraction of sp³-hybridized carbons (Fsp3) is 0.379. The molecule has 38 heavy (non-hydrogen) atoms. The monoisotopic (exact) mass is 530 g/mol. The van der Waals surface area contributed by atoms with Crippen LogP contribution >= 0.6 is 11.8 Å². The molecule has 1 saturated carbocycles. The first-order valence-corrected chi connectivity index (χ1v) is 14.2. The zero-order valence-corrected chi connectivity index (χ0v) is 21.9. The molecule has 4 aromatic rings. The smallest absolute Gasteiger partial charge is 0.262 e. The van der Waals surface area contributed by atoms with Crippen LogP contribution in [0.3, 0.4) is 0 Å². The van der Waals surface area contributed by atoms with Gasteiger partial charge in [-0.25, -0.2) is 4.98 Å². The van der Waals surface area contributed by atoms with Crippen molar-refractivity contribution in [2.75, 3.05) is 12.4 Å². The number of hydrogen-bond donors (Lipinski definition) is 2. The van der Waals surface area contributed by atoms with Gasteiger partial charge in [-0.15, -0.1) is 0 Å². The van der Waals surface area contributed by atoms with Crippen molar-refractivity contribution in [2.45, 2.75) is 62.4 Å². The fourth-order valence-electron chi connectivity index (χ4n) is 5.45. The molecule has 1 saturated heterocycles. The van der Waals surface area contributed by atoms with Crippen molar-refractivity contribution in [1.29, 1.82) is 0 Å². The lowest BCUT2D eigenvalue weighted by atomic mass is 10.1. The number of fused-ring (bicyclic) bond motifs is 2. The summed E-state index contributed by atoms with van der Waals surface area (Å²) in [6, 6.07) is 13.0. The summed E-state index contributed by atoms with van der Waals surface area (Å²) in [5, 5.41) is 4.88. The molecule has 0 radical (unpaired) electrons. The van der Waals surface area contributed by atoms with Gasteiger partial charge in [-0.05, 0) is 49.9 Å². The van der Waals surface area contributed by atoms with Crippen LogP contribution in [-0.2, 0) is 11.3 Å². The highest BCUT2D eigenvalue weighted by molar-refractivity contribution is 7.99. The van der Waals surface area contributed by atoms with E-state index in [0.29, 0.717) is 40.3 Å². The Bertz CT molecular complexity index is 1560. The number of hydrogen-bond acceptors (Lipinski definition) is 6. The Morgan fingerprint density at radius 1 is 1.08 bits per heavy atom. The van der Waals surface area contributed by atoms with Crippen LogP contribution in [0.4, 0.5) is 0 Å². The van der Waals surface area contributed by atoms with Crippen molar-refractivity contribution in [1.82, 2.24) is 19.9 Å². The van der Waals surface area contributed by atoms with E-state index in [0.717, 1.165) is 49.4 Å². The summed E-state index contributed by atoms with van der Waals surface area (Å²) < 4.78 is 7.43. The Morgan fingerprint density at radius 3 is 2.74 bits per heavy atom. The minimum absolute atomic E-state index is 0.0462. The number of aromatic amines is 1. The van der Waals surface area contributed by atoms with Crippen LogP contribution in [-0.4, -0.2) is 50.7 Å². The molecule has 3 heterocycles. The number of carbonyl (C=O) groups is 2. The van der Waals surface area contributed by atoms with Crippen LogP contribution in [0.2, 0.25) is 0 Å². The van der Waals surface area contributed by atoms with Gasteiger partial charge in [0.1, 0.15) is 0 Å². The normalized spacial score (nSPS) is 17.9. The molecule has 1 aliphatic heterocycles. The Morgan fingerprint density at radius 2 is 1.92 bits per heavy atom. The van der Waals surface area contributed by atoms with E-state index in [1.165, 1.54) is 11.8 Å². The van der Waals surface area contributed by atoms with Gasteiger partial charge >= 0.3 is 0 Å². The lowest BCUT2D eigenvalue weighted by Gasteiger charge is -2.17. The van der Waals surface area contributed by atoms with Crippen LogP contribution in [0.15, 0.2) is 58.6 Å². The summed E-state index contributed by atoms with van der Waals surface area (Å²) in [6.45, 7) is 1.07. The van der Waals surface area contributed by atoms with Crippen molar-refractivity contribution >= 4 is 45.3 Å². The average molecular weight is 531 g/mol. The predicted octanol–water partition coefficient (Wildman–Crippen LogP) is 4.70. The van der Waals surface area contributed by atoms with Crippen molar-refractivity contribution in [2.24, 2.45) is 0 Å². The number of H-pyrrole nitrogens is 1. The summed E-state index contributed by atoms with van der Waals surface area (Å²) in [4.78, 5) is 47.6. The van der Waals surface area contributed by atoms with E-state index in [-0.39, 0.29) is 35.1 Å². The van der Waals surface area contributed by atoms with Crippen molar-refractivity contribution in [3.05, 3.63) is 70.1 Å². The first kappa shape index (κ1) is 24.9. The number of aromatic nitrogens is 3. The van der Waals surface area contributed by atoms with Crippen molar-refractivity contribution < 1.29 is 14.3 Å². The van der Waals surface area contributed by atoms with Gasteiger partial charge in [0.2, 0.25) is 0 Å². The molecule has 2 aromatic carbocycles. The zero-order valence-electron chi connectivity index (χ0n) is 21.1. The Kier molecular flexibility index (Phi) is 7.04. The van der Waals surface area contributed by atoms with E-state index >= 15 is 0 Å². The fourth-order valence-corrected chi connectivity index (χ4v) is 6.35. The maximum Gasteiger partial charge on any atom is 0.262 e. The highest BCUT2D eigenvalue weighted by Crippen LogP contribution is 2.25. The highest BCUT2D eigenvalue weighted by Gasteiger charge is 2.23. The number of benzene rings is 2. The molecule has 1 aliphatic carbocycles. The second-order valence-corrected chi connectivity index (χ2v) is 11.0. The number of amides is 1. The molecule has 2 aliphatic rings. The molecule has 2 aromatic heterocycles. The van der Waals surface area contributed by atoms with Gasteiger partial charge < -0.3 is 15.0 Å². The summed E-state index contributed by atoms with van der Waals surface area (Å²) >= 11 is 1.25. The van der Waals surface area contributed by atoms with E-state index in [2.05, 4.69) is 10.3 Å². The molecule has 0 spiro atoms. The molecular formula is C29H30N4O4S. The number of para-hydroxylation sites is 1. The topological polar surface area (TPSA) is 106 Å². The van der Waals surface area contributed by atoms with E-state index in [9.17, 15) is 14.4 Å². The third-order valence-corrected chi connectivity index (χ3v) is 8.48. The third kappa shape index (κ3) is 5.00. The van der Waals surface area contributed by atoms with E-state index < -0.39 is 0 Å². The molecule has 1 atom stereocenters. The molecule has 1 amide bonds. The molecular weight excluding hydrogens is 500 g/mol. The largest absolute Gasteiger partial charge is 0.376 e. The Labute approximate surface area is 224 Å². The number of rotatable bonds is 8. The predicted molar refractivity (Wildman–Crippen MR) is 148 cm³/mol. The minimum atomic E-state index is -0.185. The molecule has 8 nitrogen and oxygen atoms in total. The summed E-state index contributed by atoms with van der Waals surface area (Å²) in [7, 11) is 0. The van der Waals surface area contributed by atoms with Gasteiger partial charge in [0, 0.05) is 40.9 Å². The van der Waals surface area contributed by atoms with Crippen LogP contribution < -0.4 is 10.9 Å². The van der Waals surface area contributed by atoms with Gasteiger partial charge in [0.15, 0.2) is 10.9 Å². The first-order valence-electron chi connectivity index (χ1n) is 13.3. The van der Waals surface area contributed by atoms with E-state index in [4.69, 9.17) is 9.72 Å². The van der Waals surface area contributed by atoms with Gasteiger partial charge in [0.25, 0.3) is 11.5 Å². The number of nitrogens with zero attached hydrogens (tertiary/aromatic N) is 2. The van der Waals surface area contributed by atoms with Crippen LogP contribution in [0, 0.1) is 0 Å². The number of ether oxygens (including phenoxy) is 1. The number of thioether (sulfide) groups is 1. The molecule has 0 bridgehead atoms. The quantitative estimate of drug-likeness (QED) is 0.194. The van der Waals surface area contributed by atoms with Gasteiger partial charge in [-0.2, -0.15) is 0 Å². The lowest BCUT2D eigenvalue weighted by molar-refractivity contribution is 0.0935. The second kappa shape index (κ2) is 10.7. The Hall–Kier alpha value is -3.43. The third-order valence-electron chi connectivity index (χ3n) is 7.51. The molecule has 6 rings (SSSR count). The molecule has 196 valence electrons. The number of carbonyl (C=O) groups excluding carboxylic acids is 2. The average Bonchev–Trinajstić information content (AvgIpc) is 3.71. The maximum atomic E-state index is 13.6.